The van der Waals surface area contributed by atoms with Crippen LogP contribution in [-0.4, -0.2) is 37.3 Å². The number of rotatable bonds is 6. The lowest BCUT2D eigenvalue weighted by Crippen LogP contribution is -2.69. The highest BCUT2D eigenvalue weighted by Gasteiger charge is 2.57. The molecule has 0 unspecified atom stereocenters. The summed E-state index contributed by atoms with van der Waals surface area (Å²) in [6, 6.07) is 0.682. The van der Waals surface area contributed by atoms with Gasteiger partial charge < -0.3 is 10.1 Å². The van der Waals surface area contributed by atoms with Crippen molar-refractivity contribution in [1.82, 2.24) is 5.32 Å². The maximum Gasteiger partial charge on any atom is 0.0684 e. The third-order valence-corrected chi connectivity index (χ3v) is 5.17. The predicted octanol–water partition coefficient (Wildman–Crippen LogP) is 2.92. The molecular formula is C14H27NOS. The molecule has 2 nitrogen and oxygen atoms in total. The van der Waals surface area contributed by atoms with E-state index in [-0.39, 0.29) is 0 Å². The van der Waals surface area contributed by atoms with Crippen molar-refractivity contribution in [1.29, 1.82) is 0 Å². The van der Waals surface area contributed by atoms with Crippen LogP contribution in [0.2, 0.25) is 0 Å². The van der Waals surface area contributed by atoms with Gasteiger partial charge in [-0.2, -0.15) is 11.8 Å². The van der Waals surface area contributed by atoms with Gasteiger partial charge in [-0.3, -0.25) is 0 Å². The lowest BCUT2D eigenvalue weighted by atomic mass is 9.55. The van der Waals surface area contributed by atoms with Crippen molar-refractivity contribution >= 4 is 11.8 Å². The number of nitrogens with one attached hydrogen (secondary N) is 1. The monoisotopic (exact) mass is 257 g/mol. The maximum atomic E-state index is 5.92. The van der Waals surface area contributed by atoms with Crippen LogP contribution in [0.3, 0.4) is 0 Å². The third-order valence-electron chi connectivity index (χ3n) is 4.47. The van der Waals surface area contributed by atoms with Gasteiger partial charge in [0.05, 0.1) is 6.10 Å². The summed E-state index contributed by atoms with van der Waals surface area (Å²) >= 11 is 1.95. The quantitative estimate of drug-likeness (QED) is 0.739. The molecule has 1 heterocycles. The van der Waals surface area contributed by atoms with Crippen LogP contribution in [0.5, 0.6) is 0 Å². The molecule has 0 spiro atoms. The molecule has 17 heavy (non-hydrogen) atoms. The van der Waals surface area contributed by atoms with Gasteiger partial charge in [-0.25, -0.2) is 0 Å². The van der Waals surface area contributed by atoms with Crippen molar-refractivity contribution in [2.24, 2.45) is 11.3 Å². The van der Waals surface area contributed by atoms with Gasteiger partial charge in [-0.05, 0) is 44.2 Å². The molecule has 0 aromatic carbocycles. The summed E-state index contributed by atoms with van der Waals surface area (Å²) in [5.41, 5.74) is 0.338. The molecule has 2 fully saturated rings. The van der Waals surface area contributed by atoms with Crippen LogP contribution in [0.25, 0.3) is 0 Å². The average molecular weight is 257 g/mol. The van der Waals surface area contributed by atoms with Gasteiger partial charge in [0.2, 0.25) is 0 Å². The first-order valence-electron chi connectivity index (χ1n) is 7.02. The van der Waals surface area contributed by atoms with Crippen molar-refractivity contribution in [3.05, 3.63) is 0 Å². The second-order valence-corrected chi connectivity index (χ2v) is 7.04. The first-order chi connectivity index (χ1) is 8.18. The Labute approximate surface area is 110 Å². The fourth-order valence-corrected chi connectivity index (χ4v) is 4.06. The lowest BCUT2D eigenvalue weighted by Gasteiger charge is -2.60. The molecule has 0 radical (unpaired) electrons. The first kappa shape index (κ1) is 13.7. The first-order valence-corrected chi connectivity index (χ1v) is 8.41. The van der Waals surface area contributed by atoms with E-state index in [2.05, 4.69) is 25.4 Å². The van der Waals surface area contributed by atoms with Gasteiger partial charge in [0.15, 0.2) is 0 Å². The highest BCUT2D eigenvalue weighted by Crippen LogP contribution is 2.51. The zero-order valence-corrected chi connectivity index (χ0v) is 12.3. The molecule has 1 aliphatic carbocycles. The number of hydrogen-bond donors (Lipinski definition) is 1. The van der Waals surface area contributed by atoms with Crippen LogP contribution in [0.4, 0.5) is 0 Å². The Balaban J connectivity index is 1.72. The van der Waals surface area contributed by atoms with Crippen LogP contribution < -0.4 is 5.32 Å². The molecular weight excluding hydrogens is 230 g/mol. The van der Waals surface area contributed by atoms with Gasteiger partial charge in [0, 0.05) is 24.0 Å². The maximum absolute atomic E-state index is 5.92. The summed E-state index contributed by atoms with van der Waals surface area (Å²) in [5, 5.41) is 3.78. The molecule has 1 saturated heterocycles. The van der Waals surface area contributed by atoms with Gasteiger partial charge >= 0.3 is 0 Å². The minimum absolute atomic E-state index is 0.338. The second-order valence-electron chi connectivity index (χ2n) is 6.05. The summed E-state index contributed by atoms with van der Waals surface area (Å²) in [6.07, 6.45) is 7.96. The smallest absolute Gasteiger partial charge is 0.0684 e. The number of fused-ring (bicyclic) bond motifs is 1. The minimum atomic E-state index is 0.338. The summed E-state index contributed by atoms with van der Waals surface area (Å²) < 4.78 is 5.92. The van der Waals surface area contributed by atoms with Crippen LogP contribution in [0.1, 0.15) is 39.5 Å². The molecule has 0 bridgehead atoms. The molecule has 0 aromatic rings. The summed E-state index contributed by atoms with van der Waals surface area (Å²) in [7, 11) is 0. The van der Waals surface area contributed by atoms with E-state index in [4.69, 9.17) is 4.74 Å². The van der Waals surface area contributed by atoms with E-state index in [0.29, 0.717) is 17.6 Å². The van der Waals surface area contributed by atoms with E-state index in [0.717, 1.165) is 12.5 Å². The van der Waals surface area contributed by atoms with E-state index in [9.17, 15) is 0 Å². The normalized spacial score (nSPS) is 35.1. The van der Waals surface area contributed by atoms with E-state index in [1.54, 1.807) is 0 Å². The molecule has 0 amide bonds. The van der Waals surface area contributed by atoms with E-state index in [1.807, 2.05) is 11.8 Å². The molecule has 2 aliphatic rings. The van der Waals surface area contributed by atoms with Crippen molar-refractivity contribution in [3.63, 3.8) is 0 Å². The van der Waals surface area contributed by atoms with Crippen molar-refractivity contribution in [2.45, 2.75) is 51.7 Å². The highest BCUT2D eigenvalue weighted by molar-refractivity contribution is 7.98. The van der Waals surface area contributed by atoms with Gasteiger partial charge in [0.1, 0.15) is 0 Å². The van der Waals surface area contributed by atoms with Crippen LogP contribution in [0, 0.1) is 11.3 Å². The number of hydrogen-bond acceptors (Lipinski definition) is 3. The molecule has 1 saturated carbocycles. The van der Waals surface area contributed by atoms with Crippen LogP contribution in [-0.2, 0) is 4.74 Å². The van der Waals surface area contributed by atoms with Gasteiger partial charge in [0.25, 0.3) is 0 Å². The Morgan fingerprint density at radius 2 is 2.18 bits per heavy atom. The highest BCUT2D eigenvalue weighted by atomic mass is 32.2. The predicted molar refractivity (Wildman–Crippen MR) is 75.7 cm³/mol. The summed E-state index contributed by atoms with van der Waals surface area (Å²) in [6.45, 7) is 6.88. The Kier molecular flexibility index (Phi) is 4.79. The minimum Gasteiger partial charge on any atom is -0.377 e. The van der Waals surface area contributed by atoms with Crippen LogP contribution >= 0.6 is 11.8 Å². The zero-order valence-electron chi connectivity index (χ0n) is 11.5. The fraction of sp³-hybridized carbons (Fsp3) is 1.00. The molecule has 0 aromatic heterocycles. The molecule has 1 N–H and O–H groups in total. The summed E-state index contributed by atoms with van der Waals surface area (Å²) in [5.74, 6) is 2.07. The average Bonchev–Trinajstić information content (AvgIpc) is 2.33. The largest absolute Gasteiger partial charge is 0.377 e. The SMILES string of the molecule is CSCCCCN[C@@H]1[C@H]2CCCO[C@H]2C1(C)C. The third kappa shape index (κ3) is 2.82. The Morgan fingerprint density at radius 3 is 2.94 bits per heavy atom. The van der Waals surface area contributed by atoms with Crippen LogP contribution in [0.15, 0.2) is 0 Å². The van der Waals surface area contributed by atoms with E-state index in [1.165, 1.54) is 38.0 Å². The Hall–Kier alpha value is 0.270. The standard InChI is InChI=1S/C14H27NOS/c1-14(2)12(15-8-4-5-10-17-3)11-7-6-9-16-13(11)14/h11-13,15H,4-10H2,1-3H3/t11-,12-,13-/m1/s1. The molecule has 2 rings (SSSR count). The number of ether oxygens (including phenoxy) is 1. The Bertz CT molecular complexity index is 244. The number of thioether (sulfide) groups is 1. The van der Waals surface area contributed by atoms with Gasteiger partial charge in [-0.15, -0.1) is 0 Å². The van der Waals surface area contributed by atoms with Crippen molar-refractivity contribution in [3.8, 4) is 0 Å². The zero-order chi connectivity index (χ0) is 12.3. The van der Waals surface area contributed by atoms with Gasteiger partial charge in [-0.1, -0.05) is 13.8 Å². The molecule has 1 aliphatic heterocycles. The Morgan fingerprint density at radius 1 is 1.35 bits per heavy atom. The molecule has 3 atom stereocenters. The van der Waals surface area contributed by atoms with Crippen molar-refractivity contribution < 1.29 is 4.74 Å². The molecule has 100 valence electrons. The fourth-order valence-electron chi connectivity index (χ4n) is 3.57. The number of unbranched alkanes of at least 4 members (excludes halogenated alkanes) is 1. The molecule has 3 heteroatoms. The summed E-state index contributed by atoms with van der Waals surface area (Å²) in [4.78, 5) is 0. The topological polar surface area (TPSA) is 21.3 Å². The lowest BCUT2D eigenvalue weighted by molar-refractivity contribution is -0.192. The second kappa shape index (κ2) is 5.94. The van der Waals surface area contributed by atoms with Crippen molar-refractivity contribution in [2.75, 3.05) is 25.2 Å². The van der Waals surface area contributed by atoms with E-state index < -0.39 is 0 Å². The van der Waals surface area contributed by atoms with E-state index >= 15 is 0 Å².